The minimum atomic E-state index is -2.85. The van der Waals surface area contributed by atoms with Crippen LogP contribution in [0.1, 0.15) is 26.7 Å². The predicted molar refractivity (Wildman–Crippen MR) is 78.0 cm³/mol. The van der Waals surface area contributed by atoms with Crippen molar-refractivity contribution in [2.24, 2.45) is 16.3 Å². The quantitative estimate of drug-likeness (QED) is 0.226. The number of oxime groups is 1. The Morgan fingerprint density at radius 3 is 2.71 bits per heavy atom. The van der Waals surface area contributed by atoms with Gasteiger partial charge < -0.3 is 21.0 Å². The maximum Gasteiger partial charge on any atom is 0.387 e. The molecule has 0 amide bonds. The van der Waals surface area contributed by atoms with Gasteiger partial charge in [-0.2, -0.15) is 8.78 Å². The van der Waals surface area contributed by atoms with Gasteiger partial charge in [0.25, 0.3) is 0 Å². The van der Waals surface area contributed by atoms with Gasteiger partial charge in [-0.25, -0.2) is 0 Å². The van der Waals surface area contributed by atoms with Crippen molar-refractivity contribution in [1.29, 1.82) is 0 Å². The van der Waals surface area contributed by atoms with E-state index in [0.29, 0.717) is 18.7 Å². The zero-order valence-corrected chi connectivity index (χ0v) is 12.1. The summed E-state index contributed by atoms with van der Waals surface area (Å²) in [6.45, 7) is 1.45. The first-order valence-corrected chi connectivity index (χ1v) is 6.62. The molecule has 1 aromatic carbocycles. The summed E-state index contributed by atoms with van der Waals surface area (Å²) in [6.07, 6.45) is 1.42. The Balaban J connectivity index is 2.50. The molecule has 0 aliphatic heterocycles. The maximum atomic E-state index is 12.3. The van der Waals surface area contributed by atoms with Crippen LogP contribution in [-0.4, -0.2) is 24.2 Å². The Hall–Kier alpha value is -2.05. The van der Waals surface area contributed by atoms with Crippen LogP contribution in [0.25, 0.3) is 0 Å². The normalized spacial score (nSPS) is 12.5. The number of alkyl halides is 2. The summed E-state index contributed by atoms with van der Waals surface area (Å²) >= 11 is 0. The SMILES string of the molecule is CC(C)(CCCNc1ccccc1OC(F)F)C(N)=NO. The van der Waals surface area contributed by atoms with Crippen LogP contribution < -0.4 is 15.8 Å². The van der Waals surface area contributed by atoms with Crippen LogP contribution >= 0.6 is 0 Å². The molecule has 4 N–H and O–H groups in total. The monoisotopic (exact) mass is 301 g/mol. The maximum absolute atomic E-state index is 12.3. The summed E-state index contributed by atoms with van der Waals surface area (Å²) in [6, 6.07) is 6.52. The first-order valence-electron chi connectivity index (χ1n) is 6.62. The highest BCUT2D eigenvalue weighted by Crippen LogP contribution is 2.26. The van der Waals surface area contributed by atoms with Gasteiger partial charge in [-0.15, -0.1) is 0 Å². The van der Waals surface area contributed by atoms with E-state index in [0.717, 1.165) is 6.42 Å². The topological polar surface area (TPSA) is 79.9 Å². The van der Waals surface area contributed by atoms with E-state index in [-0.39, 0.29) is 11.6 Å². The van der Waals surface area contributed by atoms with E-state index < -0.39 is 12.0 Å². The van der Waals surface area contributed by atoms with E-state index in [1.807, 2.05) is 13.8 Å². The highest BCUT2D eigenvalue weighted by Gasteiger charge is 2.22. The second-order valence-electron chi connectivity index (χ2n) is 5.27. The van der Waals surface area contributed by atoms with Gasteiger partial charge >= 0.3 is 6.61 Å². The van der Waals surface area contributed by atoms with E-state index in [2.05, 4.69) is 15.2 Å². The molecule has 21 heavy (non-hydrogen) atoms. The summed E-state index contributed by atoms with van der Waals surface area (Å²) in [5, 5.41) is 14.7. The molecule has 0 bridgehead atoms. The van der Waals surface area contributed by atoms with Crippen molar-refractivity contribution in [3.05, 3.63) is 24.3 Å². The Labute approximate surface area is 122 Å². The van der Waals surface area contributed by atoms with E-state index in [4.69, 9.17) is 10.9 Å². The molecular formula is C14H21F2N3O2. The Bertz CT molecular complexity index is 479. The van der Waals surface area contributed by atoms with Gasteiger partial charge in [-0.05, 0) is 25.0 Å². The molecule has 0 heterocycles. The van der Waals surface area contributed by atoms with Crippen molar-refractivity contribution in [1.82, 2.24) is 0 Å². The van der Waals surface area contributed by atoms with Gasteiger partial charge in [0.05, 0.1) is 5.69 Å². The number of nitrogens with one attached hydrogen (secondary N) is 1. The first-order chi connectivity index (χ1) is 9.86. The van der Waals surface area contributed by atoms with Crippen LogP contribution in [0.4, 0.5) is 14.5 Å². The zero-order chi connectivity index (χ0) is 15.9. The van der Waals surface area contributed by atoms with Crippen LogP contribution in [0, 0.1) is 5.41 Å². The molecule has 0 saturated heterocycles. The van der Waals surface area contributed by atoms with Crippen LogP contribution in [-0.2, 0) is 0 Å². The van der Waals surface area contributed by atoms with Crippen molar-refractivity contribution >= 4 is 11.5 Å². The lowest BCUT2D eigenvalue weighted by molar-refractivity contribution is -0.0493. The van der Waals surface area contributed by atoms with E-state index in [9.17, 15) is 8.78 Å². The molecular weight excluding hydrogens is 280 g/mol. The molecule has 0 atom stereocenters. The summed E-state index contributed by atoms with van der Waals surface area (Å²) in [4.78, 5) is 0. The fourth-order valence-corrected chi connectivity index (χ4v) is 1.83. The Morgan fingerprint density at radius 2 is 2.10 bits per heavy atom. The molecule has 118 valence electrons. The number of ether oxygens (including phenoxy) is 1. The summed E-state index contributed by atoms with van der Waals surface area (Å²) in [5.74, 6) is 0.284. The number of hydrogen-bond acceptors (Lipinski definition) is 4. The van der Waals surface area contributed by atoms with Crippen molar-refractivity contribution in [3.8, 4) is 5.75 Å². The number of anilines is 1. The Morgan fingerprint density at radius 1 is 1.43 bits per heavy atom. The fourth-order valence-electron chi connectivity index (χ4n) is 1.83. The molecule has 0 fully saturated rings. The third-order valence-corrected chi connectivity index (χ3v) is 3.20. The number of halogens is 2. The van der Waals surface area contributed by atoms with Crippen LogP contribution in [0.2, 0.25) is 0 Å². The Kier molecular flexibility index (Phi) is 6.20. The van der Waals surface area contributed by atoms with Crippen molar-refractivity contribution in [2.45, 2.75) is 33.3 Å². The average Bonchev–Trinajstić information content (AvgIpc) is 2.43. The van der Waals surface area contributed by atoms with Gasteiger partial charge in [0.15, 0.2) is 0 Å². The third kappa shape index (κ3) is 5.45. The third-order valence-electron chi connectivity index (χ3n) is 3.20. The van der Waals surface area contributed by atoms with E-state index in [1.165, 1.54) is 6.07 Å². The fraction of sp³-hybridized carbons (Fsp3) is 0.500. The van der Waals surface area contributed by atoms with Crippen molar-refractivity contribution < 1.29 is 18.7 Å². The number of nitrogens with two attached hydrogens (primary N) is 1. The first kappa shape index (κ1) is 17.0. The summed E-state index contributed by atoms with van der Waals surface area (Å²) in [7, 11) is 0. The number of rotatable bonds is 8. The van der Waals surface area contributed by atoms with E-state index in [1.54, 1.807) is 18.2 Å². The number of amidine groups is 1. The van der Waals surface area contributed by atoms with Gasteiger partial charge in [0, 0.05) is 12.0 Å². The molecule has 0 unspecified atom stereocenters. The molecule has 1 aromatic rings. The number of nitrogens with zero attached hydrogens (tertiary/aromatic N) is 1. The highest BCUT2D eigenvalue weighted by atomic mass is 19.3. The molecule has 0 spiro atoms. The molecule has 0 saturated carbocycles. The average molecular weight is 301 g/mol. The standard InChI is InChI=1S/C14H21F2N3O2/c1-14(2,12(17)19-20)8-5-9-18-10-6-3-4-7-11(10)21-13(15)16/h3-4,6-7,13,18,20H,5,8-9H2,1-2H3,(H2,17,19). The van der Waals surface area contributed by atoms with Crippen LogP contribution in [0.5, 0.6) is 5.75 Å². The smallest absolute Gasteiger partial charge is 0.387 e. The second-order valence-corrected chi connectivity index (χ2v) is 5.27. The number of para-hydroxylation sites is 2. The molecule has 0 radical (unpaired) electrons. The van der Waals surface area contributed by atoms with Crippen molar-refractivity contribution in [3.63, 3.8) is 0 Å². The lowest BCUT2D eigenvalue weighted by Gasteiger charge is -2.22. The lowest BCUT2D eigenvalue weighted by atomic mass is 9.86. The lowest BCUT2D eigenvalue weighted by Crippen LogP contribution is -2.32. The molecule has 5 nitrogen and oxygen atoms in total. The number of hydrogen-bond donors (Lipinski definition) is 3. The van der Waals surface area contributed by atoms with E-state index >= 15 is 0 Å². The second kappa shape index (κ2) is 7.66. The predicted octanol–water partition coefficient (Wildman–Crippen LogP) is 3.25. The zero-order valence-electron chi connectivity index (χ0n) is 12.1. The largest absolute Gasteiger partial charge is 0.433 e. The molecule has 0 aliphatic carbocycles. The minimum absolute atomic E-state index is 0.114. The minimum Gasteiger partial charge on any atom is -0.433 e. The number of benzene rings is 1. The van der Waals surface area contributed by atoms with Gasteiger partial charge in [-0.1, -0.05) is 31.1 Å². The summed E-state index contributed by atoms with van der Waals surface area (Å²) < 4.78 is 29.0. The van der Waals surface area contributed by atoms with Crippen LogP contribution in [0.3, 0.4) is 0 Å². The molecule has 0 aromatic heterocycles. The van der Waals surface area contributed by atoms with Gasteiger partial charge in [0.1, 0.15) is 11.6 Å². The van der Waals surface area contributed by atoms with Gasteiger partial charge in [-0.3, -0.25) is 0 Å². The highest BCUT2D eigenvalue weighted by molar-refractivity contribution is 5.85. The van der Waals surface area contributed by atoms with Crippen molar-refractivity contribution in [2.75, 3.05) is 11.9 Å². The van der Waals surface area contributed by atoms with Crippen LogP contribution in [0.15, 0.2) is 29.4 Å². The van der Waals surface area contributed by atoms with Gasteiger partial charge in [0.2, 0.25) is 0 Å². The molecule has 7 heteroatoms. The summed E-state index contributed by atoms with van der Waals surface area (Å²) in [5.41, 5.74) is 5.69. The molecule has 1 rings (SSSR count). The molecule has 0 aliphatic rings.